The van der Waals surface area contributed by atoms with Gasteiger partial charge in [0.1, 0.15) is 10.9 Å². The molecule has 1 saturated heterocycles. The number of allylic oxidation sites excluding steroid dienone is 2. The van der Waals surface area contributed by atoms with E-state index in [0.717, 1.165) is 22.9 Å². The molecule has 0 saturated carbocycles. The molecule has 1 fully saturated rings. The number of hydrogen-bond donors (Lipinski definition) is 2. The van der Waals surface area contributed by atoms with Gasteiger partial charge in [0.2, 0.25) is 0 Å². The summed E-state index contributed by atoms with van der Waals surface area (Å²) in [5, 5.41) is 0. The van der Waals surface area contributed by atoms with Gasteiger partial charge in [0, 0.05) is 18.0 Å². The van der Waals surface area contributed by atoms with Crippen molar-refractivity contribution < 1.29 is 14.4 Å². The second-order valence-electron chi connectivity index (χ2n) is 6.31. The normalized spacial score (nSPS) is 15.4. The Labute approximate surface area is 183 Å². The lowest BCUT2D eigenvalue weighted by molar-refractivity contribution is -0.129. The number of benzene rings is 1. The van der Waals surface area contributed by atoms with Crippen molar-refractivity contribution in [3.05, 3.63) is 82.5 Å². The van der Waals surface area contributed by atoms with E-state index in [1.54, 1.807) is 6.08 Å². The topological polar surface area (TPSA) is 91.4 Å². The first-order chi connectivity index (χ1) is 14.4. The van der Waals surface area contributed by atoms with Gasteiger partial charge >= 0.3 is 0 Å². The first kappa shape index (κ1) is 21.4. The average molecular weight is 439 g/mol. The molecule has 1 aliphatic heterocycles. The van der Waals surface area contributed by atoms with Crippen LogP contribution in [-0.4, -0.2) is 38.5 Å². The van der Waals surface area contributed by atoms with Crippen molar-refractivity contribution in [3.63, 3.8) is 0 Å². The fraction of sp³-hybridized carbons (Fsp3) is 0.0952. The van der Waals surface area contributed by atoms with Gasteiger partial charge in [0.25, 0.3) is 17.7 Å². The Morgan fingerprint density at radius 3 is 2.53 bits per heavy atom. The van der Waals surface area contributed by atoms with Crippen LogP contribution in [0.4, 0.5) is 0 Å². The molecule has 152 valence electrons. The number of rotatable bonds is 5. The second kappa shape index (κ2) is 9.95. The number of nitrogens with zero attached hydrogens (tertiary/aromatic N) is 2. The van der Waals surface area contributed by atoms with Crippen LogP contribution in [0.5, 0.6) is 0 Å². The van der Waals surface area contributed by atoms with Gasteiger partial charge in [-0.2, -0.15) is 0 Å². The molecule has 0 unspecified atom stereocenters. The largest absolute Gasteiger partial charge is 0.283 e. The number of carbonyl (C=O) groups excluding carboxylic acids is 3. The maximum atomic E-state index is 12.6. The summed E-state index contributed by atoms with van der Waals surface area (Å²) in [5.41, 5.74) is 6.83. The minimum absolute atomic E-state index is 0.286. The molecule has 1 aliphatic rings. The molecule has 2 N–H and O–H groups in total. The van der Waals surface area contributed by atoms with Gasteiger partial charge in [-0.25, -0.2) is 0 Å². The van der Waals surface area contributed by atoms with Crippen LogP contribution in [0.2, 0.25) is 0 Å². The number of hydrazine groups is 1. The summed E-state index contributed by atoms with van der Waals surface area (Å²) in [6.45, 7) is 1.60. The lowest BCUT2D eigenvalue weighted by Crippen LogP contribution is -2.47. The SMILES string of the molecule is CC(/C=C1\SC(=S)N(CC(=O)NNC(=O)c2ccncc2)C1=O)=C\c1ccccc1. The number of thioether (sulfide) groups is 1. The zero-order valence-electron chi connectivity index (χ0n) is 16.0. The zero-order chi connectivity index (χ0) is 21.5. The Hall–Kier alpha value is -3.30. The maximum Gasteiger partial charge on any atom is 0.269 e. The van der Waals surface area contributed by atoms with Crippen molar-refractivity contribution in [2.45, 2.75) is 6.92 Å². The summed E-state index contributed by atoms with van der Waals surface area (Å²) in [5.74, 6) is -1.40. The Bertz CT molecular complexity index is 1040. The Morgan fingerprint density at radius 2 is 1.83 bits per heavy atom. The molecular weight excluding hydrogens is 420 g/mol. The summed E-state index contributed by atoms with van der Waals surface area (Å²) in [6, 6.07) is 12.8. The Kier molecular flexibility index (Phi) is 7.10. The number of thiocarbonyl (C=S) groups is 1. The van der Waals surface area contributed by atoms with E-state index in [2.05, 4.69) is 15.8 Å². The van der Waals surface area contributed by atoms with Crippen LogP contribution in [0.15, 0.2) is 71.4 Å². The predicted molar refractivity (Wildman–Crippen MR) is 120 cm³/mol. The van der Waals surface area contributed by atoms with Crippen LogP contribution in [0.1, 0.15) is 22.8 Å². The smallest absolute Gasteiger partial charge is 0.269 e. The monoisotopic (exact) mass is 438 g/mol. The van der Waals surface area contributed by atoms with Crippen molar-refractivity contribution in [2.75, 3.05) is 6.54 Å². The van der Waals surface area contributed by atoms with Gasteiger partial charge in [0.05, 0.1) is 4.91 Å². The van der Waals surface area contributed by atoms with Crippen LogP contribution in [0.25, 0.3) is 6.08 Å². The summed E-state index contributed by atoms with van der Waals surface area (Å²) in [4.78, 5) is 42.2. The molecule has 2 heterocycles. The highest BCUT2D eigenvalue weighted by atomic mass is 32.2. The summed E-state index contributed by atoms with van der Waals surface area (Å²) < 4.78 is 0.286. The van der Waals surface area contributed by atoms with Crippen molar-refractivity contribution in [1.82, 2.24) is 20.7 Å². The highest BCUT2D eigenvalue weighted by Gasteiger charge is 2.33. The second-order valence-corrected chi connectivity index (χ2v) is 7.98. The number of amides is 3. The van der Waals surface area contributed by atoms with Crippen LogP contribution >= 0.6 is 24.0 Å². The molecule has 1 aromatic heterocycles. The number of aromatic nitrogens is 1. The molecule has 30 heavy (non-hydrogen) atoms. The third-order valence-electron chi connectivity index (χ3n) is 3.99. The predicted octanol–water partition coefficient (Wildman–Crippen LogP) is 2.69. The first-order valence-corrected chi connectivity index (χ1v) is 10.1. The molecule has 0 aliphatic carbocycles. The Balaban J connectivity index is 1.58. The molecule has 3 amide bonds. The minimum Gasteiger partial charge on any atom is -0.283 e. The van der Waals surface area contributed by atoms with Crippen LogP contribution in [-0.2, 0) is 9.59 Å². The van der Waals surface area contributed by atoms with E-state index in [1.807, 2.05) is 43.3 Å². The van der Waals surface area contributed by atoms with E-state index in [0.29, 0.717) is 10.5 Å². The fourth-order valence-electron chi connectivity index (χ4n) is 2.58. The van der Waals surface area contributed by atoms with Gasteiger partial charge in [-0.15, -0.1) is 0 Å². The molecule has 0 atom stereocenters. The molecule has 0 bridgehead atoms. The number of nitrogens with one attached hydrogen (secondary N) is 2. The van der Waals surface area contributed by atoms with Crippen LogP contribution in [0, 0.1) is 0 Å². The standard InChI is InChI=1S/C21H18N4O3S2/c1-14(11-15-5-3-2-4-6-15)12-17-20(28)25(21(29)30-17)13-18(26)23-24-19(27)16-7-9-22-10-8-16/h2-12H,13H2,1H3,(H,23,26)(H,24,27)/b14-11+,17-12-. The van der Waals surface area contributed by atoms with E-state index < -0.39 is 11.8 Å². The molecule has 2 aromatic rings. The first-order valence-electron chi connectivity index (χ1n) is 8.92. The Morgan fingerprint density at radius 1 is 1.13 bits per heavy atom. The number of pyridine rings is 1. The van der Waals surface area contributed by atoms with E-state index in [4.69, 9.17) is 12.2 Å². The lowest BCUT2D eigenvalue weighted by Gasteiger charge is -2.14. The third-order valence-corrected chi connectivity index (χ3v) is 5.36. The molecule has 3 rings (SSSR count). The van der Waals surface area contributed by atoms with Gasteiger partial charge in [-0.3, -0.25) is 35.1 Å². The molecule has 9 heteroatoms. The minimum atomic E-state index is -0.563. The molecule has 0 radical (unpaired) electrons. The fourth-order valence-corrected chi connectivity index (χ4v) is 3.89. The molecule has 7 nitrogen and oxygen atoms in total. The molecule has 0 spiro atoms. The number of carbonyl (C=O) groups is 3. The number of hydrogen-bond acceptors (Lipinski definition) is 6. The van der Waals surface area contributed by atoms with Gasteiger partial charge < -0.3 is 0 Å². The van der Waals surface area contributed by atoms with Crippen molar-refractivity contribution in [2.24, 2.45) is 0 Å². The quantitative estimate of drug-likeness (QED) is 0.424. The summed E-state index contributed by atoms with van der Waals surface area (Å²) in [6.07, 6.45) is 6.64. The van der Waals surface area contributed by atoms with Crippen LogP contribution < -0.4 is 10.9 Å². The van der Waals surface area contributed by atoms with E-state index in [9.17, 15) is 14.4 Å². The van der Waals surface area contributed by atoms with E-state index in [-0.39, 0.29) is 16.8 Å². The summed E-state index contributed by atoms with van der Waals surface area (Å²) in [7, 11) is 0. The highest BCUT2D eigenvalue weighted by Crippen LogP contribution is 2.31. The molecule has 1 aromatic carbocycles. The lowest BCUT2D eigenvalue weighted by atomic mass is 10.1. The van der Waals surface area contributed by atoms with Gasteiger partial charge in [-0.05, 0) is 36.3 Å². The van der Waals surface area contributed by atoms with Crippen LogP contribution in [0.3, 0.4) is 0 Å². The summed E-state index contributed by atoms with van der Waals surface area (Å²) >= 11 is 6.38. The molecular formula is C21H18N4O3S2. The van der Waals surface area contributed by atoms with E-state index in [1.165, 1.54) is 29.4 Å². The van der Waals surface area contributed by atoms with Crippen molar-refractivity contribution in [1.29, 1.82) is 0 Å². The third kappa shape index (κ3) is 5.62. The highest BCUT2D eigenvalue weighted by molar-refractivity contribution is 8.26. The van der Waals surface area contributed by atoms with Gasteiger partial charge in [0.15, 0.2) is 0 Å². The van der Waals surface area contributed by atoms with Crippen molar-refractivity contribution in [3.8, 4) is 0 Å². The zero-order valence-corrected chi connectivity index (χ0v) is 17.6. The maximum absolute atomic E-state index is 12.6. The van der Waals surface area contributed by atoms with Crippen molar-refractivity contribution >= 4 is 52.1 Å². The van der Waals surface area contributed by atoms with Gasteiger partial charge in [-0.1, -0.05) is 60.4 Å². The van der Waals surface area contributed by atoms with E-state index >= 15 is 0 Å². The average Bonchev–Trinajstić information content (AvgIpc) is 3.00.